The molecule has 0 unspecified atom stereocenters. The van der Waals surface area contributed by atoms with Gasteiger partial charge in [0.15, 0.2) is 0 Å². The van der Waals surface area contributed by atoms with Crippen molar-refractivity contribution >= 4 is 29.0 Å². The zero-order chi connectivity index (χ0) is 20.1. The fourth-order valence-electron chi connectivity index (χ4n) is 2.88. The summed E-state index contributed by atoms with van der Waals surface area (Å²) in [4.78, 5) is 17.0. The minimum absolute atomic E-state index is 0.231. The number of hydrogen-bond donors (Lipinski definition) is 1. The number of thiazole rings is 1. The van der Waals surface area contributed by atoms with Crippen LogP contribution in [0.2, 0.25) is 0 Å². The number of para-hydroxylation sites is 1. The van der Waals surface area contributed by atoms with Gasteiger partial charge in [0.2, 0.25) is 5.91 Å². The Labute approximate surface area is 172 Å². The lowest BCUT2D eigenvalue weighted by Gasteiger charge is -2.08. The standard InChI is InChI=1S/C24H17FN2OS/c25-20-12-6-4-10-18(20)24-27-22(16-29-24)19-11-5-7-13-21(19)26-23(28)15-14-17-8-2-1-3-9-17/h1-16H,(H,26,28)/b15-14+. The molecule has 1 amide bonds. The van der Waals surface area contributed by atoms with Crippen LogP contribution >= 0.6 is 11.3 Å². The highest BCUT2D eigenvalue weighted by molar-refractivity contribution is 7.13. The molecule has 4 rings (SSSR count). The lowest BCUT2D eigenvalue weighted by Crippen LogP contribution is -2.08. The van der Waals surface area contributed by atoms with Crippen LogP contribution in [0.25, 0.3) is 27.9 Å². The van der Waals surface area contributed by atoms with E-state index in [1.165, 1.54) is 23.5 Å². The Kier molecular flexibility index (Phi) is 5.59. The Hall–Kier alpha value is -3.57. The minimum atomic E-state index is -0.305. The van der Waals surface area contributed by atoms with Gasteiger partial charge in [0, 0.05) is 22.6 Å². The van der Waals surface area contributed by atoms with Crippen LogP contribution in [0.3, 0.4) is 0 Å². The summed E-state index contributed by atoms with van der Waals surface area (Å²) < 4.78 is 14.1. The molecule has 5 heteroatoms. The van der Waals surface area contributed by atoms with E-state index >= 15 is 0 Å². The van der Waals surface area contributed by atoms with Crippen LogP contribution in [-0.2, 0) is 4.79 Å². The molecule has 1 heterocycles. The maximum absolute atomic E-state index is 14.1. The van der Waals surface area contributed by atoms with Crippen LogP contribution in [0.1, 0.15) is 5.56 Å². The highest BCUT2D eigenvalue weighted by Gasteiger charge is 2.13. The third-order valence-electron chi connectivity index (χ3n) is 4.30. The van der Waals surface area contributed by atoms with E-state index in [-0.39, 0.29) is 11.7 Å². The normalized spacial score (nSPS) is 10.9. The SMILES string of the molecule is O=C(/C=C/c1ccccc1)Nc1ccccc1-c1csc(-c2ccccc2F)n1. The maximum atomic E-state index is 14.1. The van der Waals surface area contributed by atoms with Gasteiger partial charge in [0.05, 0.1) is 11.4 Å². The second-order valence-electron chi connectivity index (χ2n) is 6.30. The number of aromatic nitrogens is 1. The molecule has 0 saturated heterocycles. The van der Waals surface area contributed by atoms with E-state index < -0.39 is 0 Å². The molecule has 0 radical (unpaired) electrons. The average molecular weight is 400 g/mol. The molecule has 3 nitrogen and oxygen atoms in total. The molecule has 0 spiro atoms. The Morgan fingerprint density at radius 3 is 2.38 bits per heavy atom. The third-order valence-corrected chi connectivity index (χ3v) is 5.17. The van der Waals surface area contributed by atoms with E-state index in [1.54, 1.807) is 24.3 Å². The molecule has 0 aliphatic heterocycles. The molecule has 0 aliphatic carbocycles. The van der Waals surface area contributed by atoms with Gasteiger partial charge in [-0.15, -0.1) is 11.3 Å². The van der Waals surface area contributed by atoms with Gasteiger partial charge in [-0.25, -0.2) is 9.37 Å². The quantitative estimate of drug-likeness (QED) is 0.401. The number of benzene rings is 3. The van der Waals surface area contributed by atoms with Crippen LogP contribution in [0.15, 0.2) is 90.3 Å². The molecule has 0 aliphatic rings. The zero-order valence-corrected chi connectivity index (χ0v) is 16.2. The van der Waals surface area contributed by atoms with Crippen LogP contribution in [-0.4, -0.2) is 10.9 Å². The molecule has 0 fully saturated rings. The van der Waals surface area contributed by atoms with Crippen molar-refractivity contribution in [3.63, 3.8) is 0 Å². The van der Waals surface area contributed by atoms with E-state index in [0.717, 1.165) is 11.1 Å². The summed E-state index contributed by atoms with van der Waals surface area (Å²) in [6, 6.07) is 23.6. The summed E-state index contributed by atoms with van der Waals surface area (Å²) in [6.07, 6.45) is 3.26. The Morgan fingerprint density at radius 2 is 1.59 bits per heavy atom. The number of nitrogens with zero attached hydrogens (tertiary/aromatic N) is 1. The second kappa shape index (κ2) is 8.63. The van der Waals surface area contributed by atoms with Gasteiger partial charge in [0.25, 0.3) is 0 Å². The summed E-state index contributed by atoms with van der Waals surface area (Å²) in [5.41, 5.74) is 3.55. The summed E-state index contributed by atoms with van der Waals surface area (Å²) in [7, 11) is 0. The number of hydrogen-bond acceptors (Lipinski definition) is 3. The predicted octanol–water partition coefficient (Wildman–Crippen LogP) is 6.27. The van der Waals surface area contributed by atoms with Gasteiger partial charge in [0.1, 0.15) is 10.8 Å². The summed E-state index contributed by atoms with van der Waals surface area (Å²) in [5.74, 6) is -0.535. The third kappa shape index (κ3) is 4.47. The van der Waals surface area contributed by atoms with Crippen LogP contribution in [0.5, 0.6) is 0 Å². The van der Waals surface area contributed by atoms with E-state index in [9.17, 15) is 9.18 Å². The number of halogens is 1. The molecular formula is C24H17FN2OS. The molecule has 3 aromatic carbocycles. The molecule has 29 heavy (non-hydrogen) atoms. The zero-order valence-electron chi connectivity index (χ0n) is 15.4. The molecule has 0 atom stereocenters. The minimum Gasteiger partial charge on any atom is -0.322 e. The first-order chi connectivity index (χ1) is 14.2. The number of carbonyl (C=O) groups is 1. The number of anilines is 1. The van der Waals surface area contributed by atoms with Crippen molar-refractivity contribution in [2.45, 2.75) is 0 Å². The molecule has 0 bridgehead atoms. The average Bonchev–Trinajstić information content (AvgIpc) is 3.23. The van der Waals surface area contributed by atoms with Crippen molar-refractivity contribution in [3.05, 3.63) is 102 Å². The van der Waals surface area contributed by atoms with E-state index in [0.29, 0.717) is 22.0 Å². The molecule has 1 N–H and O–H groups in total. The fraction of sp³-hybridized carbons (Fsp3) is 0. The van der Waals surface area contributed by atoms with Gasteiger partial charge >= 0.3 is 0 Å². The van der Waals surface area contributed by atoms with Gasteiger partial charge < -0.3 is 5.32 Å². The molecule has 1 aromatic heterocycles. The Morgan fingerprint density at radius 1 is 0.897 bits per heavy atom. The van der Waals surface area contributed by atoms with Gasteiger partial charge in [-0.1, -0.05) is 60.7 Å². The van der Waals surface area contributed by atoms with Crippen molar-refractivity contribution < 1.29 is 9.18 Å². The predicted molar refractivity (Wildman–Crippen MR) is 117 cm³/mol. The van der Waals surface area contributed by atoms with E-state index in [1.807, 2.05) is 60.0 Å². The first-order valence-electron chi connectivity index (χ1n) is 9.04. The summed E-state index contributed by atoms with van der Waals surface area (Å²) >= 11 is 1.37. The number of amides is 1. The van der Waals surface area contributed by atoms with Crippen LogP contribution in [0, 0.1) is 5.82 Å². The Balaban J connectivity index is 1.57. The van der Waals surface area contributed by atoms with Crippen molar-refractivity contribution in [3.8, 4) is 21.8 Å². The number of rotatable bonds is 5. The van der Waals surface area contributed by atoms with E-state index in [2.05, 4.69) is 10.3 Å². The highest BCUT2D eigenvalue weighted by Crippen LogP contribution is 2.33. The summed E-state index contributed by atoms with van der Waals surface area (Å²) in [5, 5.41) is 5.37. The monoisotopic (exact) mass is 400 g/mol. The van der Waals surface area contributed by atoms with E-state index in [4.69, 9.17) is 0 Å². The van der Waals surface area contributed by atoms with Crippen molar-refractivity contribution in [2.75, 3.05) is 5.32 Å². The maximum Gasteiger partial charge on any atom is 0.248 e. The smallest absolute Gasteiger partial charge is 0.248 e. The topological polar surface area (TPSA) is 42.0 Å². The fourth-order valence-corrected chi connectivity index (χ4v) is 3.73. The first kappa shape index (κ1) is 18.8. The molecule has 0 saturated carbocycles. The van der Waals surface area contributed by atoms with Crippen LogP contribution < -0.4 is 5.32 Å². The molecule has 142 valence electrons. The number of nitrogens with one attached hydrogen (secondary N) is 1. The second-order valence-corrected chi connectivity index (χ2v) is 7.15. The van der Waals surface area contributed by atoms with Crippen molar-refractivity contribution in [1.82, 2.24) is 4.98 Å². The van der Waals surface area contributed by atoms with Crippen molar-refractivity contribution in [2.24, 2.45) is 0 Å². The van der Waals surface area contributed by atoms with Gasteiger partial charge in [-0.05, 0) is 29.8 Å². The highest BCUT2D eigenvalue weighted by atomic mass is 32.1. The summed E-state index contributed by atoms with van der Waals surface area (Å²) in [6.45, 7) is 0. The number of carbonyl (C=O) groups excluding carboxylic acids is 1. The van der Waals surface area contributed by atoms with Crippen LogP contribution in [0.4, 0.5) is 10.1 Å². The largest absolute Gasteiger partial charge is 0.322 e. The Bertz CT molecular complexity index is 1170. The van der Waals surface area contributed by atoms with Gasteiger partial charge in [-0.3, -0.25) is 4.79 Å². The molecular weight excluding hydrogens is 383 g/mol. The lowest BCUT2D eigenvalue weighted by atomic mass is 10.1. The lowest BCUT2D eigenvalue weighted by molar-refractivity contribution is -0.111. The van der Waals surface area contributed by atoms with Crippen molar-refractivity contribution in [1.29, 1.82) is 0 Å². The molecule has 4 aromatic rings. The first-order valence-corrected chi connectivity index (χ1v) is 9.92. The van der Waals surface area contributed by atoms with Gasteiger partial charge in [-0.2, -0.15) is 0 Å².